The Hall–Kier alpha value is -0.900. The highest BCUT2D eigenvalue weighted by Gasteiger charge is 2.03. The third-order valence-corrected chi connectivity index (χ3v) is 2.80. The molecule has 0 saturated heterocycles. The minimum atomic E-state index is -0.311. The third-order valence-electron chi connectivity index (χ3n) is 1.95. The van der Waals surface area contributed by atoms with Gasteiger partial charge in [-0.3, -0.25) is 0 Å². The fourth-order valence-corrected chi connectivity index (χ4v) is 2.03. The van der Waals surface area contributed by atoms with Gasteiger partial charge in [0.2, 0.25) is 0 Å². The predicted molar refractivity (Wildman–Crippen MR) is 63.4 cm³/mol. The van der Waals surface area contributed by atoms with Gasteiger partial charge in [0.15, 0.2) is 0 Å². The molecule has 2 rings (SSSR count). The first kappa shape index (κ1) is 9.65. The molecule has 0 heterocycles. The summed E-state index contributed by atoms with van der Waals surface area (Å²) in [6.07, 6.45) is 0. The maximum absolute atomic E-state index is 12.8. The number of hydrogen-bond donors (Lipinski definition) is 0. The zero-order chi connectivity index (χ0) is 9.97. The smallest absolute Gasteiger partial charge is 0.132 e. The number of halogens is 2. The average molecular weight is 297 g/mol. The molecule has 2 aromatic carbocycles. The van der Waals surface area contributed by atoms with Crippen molar-refractivity contribution in [2.45, 2.75) is 0 Å². The van der Waals surface area contributed by atoms with E-state index in [2.05, 4.69) is 28.7 Å². The molecular formula is C12H7FI. The van der Waals surface area contributed by atoms with Crippen LogP contribution in [-0.4, -0.2) is 0 Å². The summed E-state index contributed by atoms with van der Waals surface area (Å²) in [5.41, 5.74) is 2.11. The molecule has 0 bridgehead atoms. The molecule has 0 atom stereocenters. The van der Waals surface area contributed by atoms with Crippen molar-refractivity contribution in [2.75, 3.05) is 0 Å². The van der Waals surface area contributed by atoms with Gasteiger partial charge < -0.3 is 0 Å². The van der Waals surface area contributed by atoms with Crippen LogP contribution in [0.3, 0.4) is 0 Å². The summed E-state index contributed by atoms with van der Waals surface area (Å²) in [7, 11) is 0. The Kier molecular flexibility index (Phi) is 2.82. The van der Waals surface area contributed by atoms with Crippen LogP contribution in [0.1, 0.15) is 0 Å². The molecule has 0 spiro atoms. The predicted octanol–water partition coefficient (Wildman–Crippen LogP) is 3.90. The lowest BCUT2D eigenvalue weighted by molar-refractivity contribution is 0.624. The summed E-state index contributed by atoms with van der Waals surface area (Å²) < 4.78 is 13.6. The van der Waals surface area contributed by atoms with Gasteiger partial charge in [0.1, 0.15) is 5.82 Å². The zero-order valence-corrected chi connectivity index (χ0v) is 9.45. The van der Waals surface area contributed by atoms with E-state index in [4.69, 9.17) is 0 Å². The highest BCUT2D eigenvalue weighted by molar-refractivity contribution is 14.1. The van der Waals surface area contributed by atoms with E-state index in [1.165, 1.54) is 6.07 Å². The SMILES string of the molecule is Fc1[c]c(I)c(-c2ccccc2)cc1. The van der Waals surface area contributed by atoms with Gasteiger partial charge in [-0.2, -0.15) is 0 Å². The number of benzene rings is 2. The number of hydrogen-bond acceptors (Lipinski definition) is 0. The van der Waals surface area contributed by atoms with E-state index in [0.717, 1.165) is 14.7 Å². The Labute approximate surface area is 95.9 Å². The van der Waals surface area contributed by atoms with Crippen LogP contribution in [0.5, 0.6) is 0 Å². The fourth-order valence-electron chi connectivity index (χ4n) is 1.28. The van der Waals surface area contributed by atoms with Crippen LogP contribution < -0.4 is 0 Å². The summed E-state index contributed by atoms with van der Waals surface area (Å²) in [6, 6.07) is 15.8. The quantitative estimate of drug-likeness (QED) is 0.700. The molecule has 0 N–H and O–H groups in total. The van der Waals surface area contributed by atoms with E-state index in [1.54, 1.807) is 6.07 Å². The largest absolute Gasteiger partial charge is 0.206 e. The normalized spacial score (nSPS) is 10.1. The molecule has 2 heteroatoms. The van der Waals surface area contributed by atoms with Crippen LogP contribution in [0.15, 0.2) is 42.5 Å². The Morgan fingerprint density at radius 3 is 2.36 bits per heavy atom. The van der Waals surface area contributed by atoms with Gasteiger partial charge in [0, 0.05) is 9.64 Å². The molecular weight excluding hydrogens is 290 g/mol. The van der Waals surface area contributed by atoms with Crippen LogP contribution >= 0.6 is 22.6 Å². The molecule has 1 radical (unpaired) electrons. The molecule has 0 unspecified atom stereocenters. The van der Waals surface area contributed by atoms with Crippen molar-refractivity contribution in [3.63, 3.8) is 0 Å². The lowest BCUT2D eigenvalue weighted by atomic mass is 10.1. The van der Waals surface area contributed by atoms with Gasteiger partial charge in [-0.25, -0.2) is 4.39 Å². The first-order chi connectivity index (χ1) is 6.77. The molecule has 0 amide bonds. The monoisotopic (exact) mass is 297 g/mol. The first-order valence-corrected chi connectivity index (χ1v) is 5.28. The van der Waals surface area contributed by atoms with Crippen molar-refractivity contribution >= 4 is 22.6 Å². The molecule has 0 aliphatic carbocycles. The maximum atomic E-state index is 12.8. The van der Waals surface area contributed by atoms with Crippen LogP contribution in [0.4, 0.5) is 4.39 Å². The van der Waals surface area contributed by atoms with Crippen molar-refractivity contribution in [1.82, 2.24) is 0 Å². The van der Waals surface area contributed by atoms with Gasteiger partial charge in [0.05, 0.1) is 0 Å². The topological polar surface area (TPSA) is 0 Å². The van der Waals surface area contributed by atoms with Crippen molar-refractivity contribution < 1.29 is 4.39 Å². The molecule has 0 nitrogen and oxygen atoms in total. The minimum absolute atomic E-state index is 0.311. The molecule has 2 aromatic rings. The Morgan fingerprint density at radius 1 is 1.00 bits per heavy atom. The molecule has 0 saturated carbocycles. The average Bonchev–Trinajstić information content (AvgIpc) is 2.19. The summed E-state index contributed by atoms with van der Waals surface area (Å²) in [4.78, 5) is 0. The fraction of sp³-hybridized carbons (Fsp3) is 0. The molecule has 69 valence electrons. The lowest BCUT2D eigenvalue weighted by Crippen LogP contribution is -1.84. The lowest BCUT2D eigenvalue weighted by Gasteiger charge is -2.03. The van der Waals surface area contributed by atoms with Crippen LogP contribution in [0.25, 0.3) is 11.1 Å². The van der Waals surface area contributed by atoms with Gasteiger partial charge >= 0.3 is 0 Å². The van der Waals surface area contributed by atoms with Crippen LogP contribution in [-0.2, 0) is 0 Å². The van der Waals surface area contributed by atoms with E-state index in [0.29, 0.717) is 0 Å². The summed E-state index contributed by atoms with van der Waals surface area (Å²) >= 11 is 2.09. The zero-order valence-electron chi connectivity index (χ0n) is 7.30. The standard InChI is InChI=1S/C12H7FI/c13-10-6-7-11(12(14)8-10)9-4-2-1-3-5-9/h1-7H. The van der Waals surface area contributed by atoms with Crippen molar-refractivity contribution in [3.8, 4) is 11.1 Å². The van der Waals surface area contributed by atoms with E-state index < -0.39 is 0 Å². The Balaban J connectivity index is 2.53. The van der Waals surface area contributed by atoms with Crippen LogP contribution in [0.2, 0.25) is 0 Å². The van der Waals surface area contributed by atoms with E-state index >= 15 is 0 Å². The molecule has 0 fully saturated rings. The second kappa shape index (κ2) is 4.09. The van der Waals surface area contributed by atoms with Gasteiger partial charge in [0.25, 0.3) is 0 Å². The highest BCUT2D eigenvalue weighted by Crippen LogP contribution is 2.24. The van der Waals surface area contributed by atoms with E-state index in [9.17, 15) is 4.39 Å². The molecule has 0 aliphatic heterocycles. The summed E-state index contributed by atoms with van der Waals surface area (Å²) in [6.45, 7) is 0. The number of rotatable bonds is 1. The Bertz CT molecular complexity index is 437. The first-order valence-electron chi connectivity index (χ1n) is 4.20. The minimum Gasteiger partial charge on any atom is -0.206 e. The molecule has 14 heavy (non-hydrogen) atoms. The second-order valence-corrected chi connectivity index (χ2v) is 3.98. The van der Waals surface area contributed by atoms with Gasteiger partial charge in [-0.05, 0) is 39.8 Å². The van der Waals surface area contributed by atoms with E-state index in [1.807, 2.05) is 30.3 Å². The van der Waals surface area contributed by atoms with Gasteiger partial charge in [-0.1, -0.05) is 36.4 Å². The third kappa shape index (κ3) is 1.95. The van der Waals surface area contributed by atoms with Crippen molar-refractivity contribution in [2.24, 2.45) is 0 Å². The molecule has 0 aliphatic rings. The van der Waals surface area contributed by atoms with Crippen molar-refractivity contribution in [3.05, 3.63) is 57.9 Å². The van der Waals surface area contributed by atoms with E-state index in [-0.39, 0.29) is 5.82 Å². The van der Waals surface area contributed by atoms with Crippen LogP contribution in [0, 0.1) is 15.5 Å². The summed E-state index contributed by atoms with van der Waals surface area (Å²) in [5, 5.41) is 0. The highest BCUT2D eigenvalue weighted by atomic mass is 127. The van der Waals surface area contributed by atoms with Crippen molar-refractivity contribution in [1.29, 1.82) is 0 Å². The maximum Gasteiger partial charge on any atom is 0.132 e. The van der Waals surface area contributed by atoms with Gasteiger partial charge in [-0.15, -0.1) is 0 Å². The summed E-state index contributed by atoms with van der Waals surface area (Å²) in [5.74, 6) is -0.311. The Morgan fingerprint density at radius 2 is 1.71 bits per heavy atom. The second-order valence-electron chi connectivity index (χ2n) is 2.90. The molecule has 0 aromatic heterocycles.